The van der Waals surface area contributed by atoms with Gasteiger partial charge in [0.05, 0.1) is 18.5 Å². The second kappa shape index (κ2) is 4.93. The zero-order valence-electron chi connectivity index (χ0n) is 10.7. The quantitative estimate of drug-likeness (QED) is 0.681. The average molecular weight is 288 g/mol. The third-order valence-corrected chi connectivity index (χ3v) is 3.33. The van der Waals surface area contributed by atoms with Gasteiger partial charge in [-0.15, -0.1) is 0 Å². The molecule has 3 heterocycles. The lowest BCUT2D eigenvalue weighted by atomic mass is 10.3. The molecule has 7 heteroatoms. The summed E-state index contributed by atoms with van der Waals surface area (Å²) in [5.74, 6) is 0.511. The Kier molecular flexibility index (Phi) is 3.11. The Balaban J connectivity index is 1.83. The van der Waals surface area contributed by atoms with E-state index in [-0.39, 0.29) is 5.91 Å². The van der Waals surface area contributed by atoms with Gasteiger partial charge in [-0.2, -0.15) is 5.10 Å². The van der Waals surface area contributed by atoms with Crippen LogP contribution in [-0.2, 0) is 18.4 Å². The zero-order chi connectivity index (χ0) is 14.1. The Morgan fingerprint density at radius 3 is 3.00 bits per heavy atom. The number of thiocarbonyl (C=S) groups is 1. The molecule has 3 rings (SSSR count). The van der Waals surface area contributed by atoms with E-state index in [0.29, 0.717) is 23.1 Å². The van der Waals surface area contributed by atoms with Gasteiger partial charge >= 0.3 is 0 Å². The first-order valence-electron chi connectivity index (χ1n) is 6.00. The topological polar surface area (TPSA) is 63.3 Å². The molecule has 1 N–H and O–H groups in total. The lowest BCUT2D eigenvalue weighted by Crippen LogP contribution is -2.29. The number of furan rings is 1. The second-order valence-electron chi connectivity index (χ2n) is 4.34. The van der Waals surface area contributed by atoms with Crippen LogP contribution in [0.1, 0.15) is 11.5 Å². The van der Waals surface area contributed by atoms with Crippen molar-refractivity contribution in [2.24, 2.45) is 7.05 Å². The van der Waals surface area contributed by atoms with E-state index in [1.54, 1.807) is 35.4 Å². The Bertz CT molecular complexity index is 687. The highest BCUT2D eigenvalue weighted by atomic mass is 32.1. The molecule has 0 bridgehead atoms. The SMILES string of the molecule is Cn1nccc1/C=C1/NC(=S)N(Cc2ccco2)C1=O. The molecule has 1 amide bonds. The Labute approximate surface area is 120 Å². The van der Waals surface area contributed by atoms with Crippen LogP contribution in [-0.4, -0.2) is 25.7 Å². The maximum Gasteiger partial charge on any atom is 0.277 e. The molecule has 2 aromatic heterocycles. The van der Waals surface area contributed by atoms with Crippen LogP contribution < -0.4 is 5.32 Å². The van der Waals surface area contributed by atoms with Crippen molar-refractivity contribution in [1.29, 1.82) is 0 Å². The minimum absolute atomic E-state index is 0.174. The van der Waals surface area contributed by atoms with Crippen molar-refractivity contribution in [2.45, 2.75) is 6.54 Å². The monoisotopic (exact) mass is 288 g/mol. The van der Waals surface area contributed by atoms with Crippen molar-refractivity contribution in [3.63, 3.8) is 0 Å². The number of amides is 1. The molecule has 6 nitrogen and oxygen atoms in total. The van der Waals surface area contributed by atoms with E-state index in [9.17, 15) is 4.79 Å². The maximum atomic E-state index is 12.3. The number of nitrogens with zero attached hydrogens (tertiary/aromatic N) is 3. The average Bonchev–Trinajstić information content (AvgIpc) is 3.11. The van der Waals surface area contributed by atoms with Crippen molar-refractivity contribution in [2.75, 3.05) is 0 Å². The second-order valence-corrected chi connectivity index (χ2v) is 4.73. The fourth-order valence-corrected chi connectivity index (χ4v) is 2.20. The molecule has 0 radical (unpaired) electrons. The van der Waals surface area contributed by atoms with Crippen molar-refractivity contribution in [3.05, 3.63) is 47.8 Å². The summed E-state index contributed by atoms with van der Waals surface area (Å²) in [6.45, 7) is 0.320. The third-order valence-electron chi connectivity index (χ3n) is 3.01. The van der Waals surface area contributed by atoms with Gasteiger partial charge in [0.15, 0.2) is 5.11 Å². The van der Waals surface area contributed by atoms with Gasteiger partial charge in [-0.3, -0.25) is 14.4 Å². The first-order valence-corrected chi connectivity index (χ1v) is 6.41. The first-order chi connectivity index (χ1) is 9.65. The molecule has 0 spiro atoms. The molecule has 2 aromatic rings. The Morgan fingerprint density at radius 1 is 1.50 bits per heavy atom. The molecule has 0 saturated carbocycles. The molecular weight excluding hydrogens is 276 g/mol. The van der Waals surface area contributed by atoms with E-state index in [1.165, 1.54) is 4.90 Å². The summed E-state index contributed by atoms with van der Waals surface area (Å²) in [5, 5.41) is 7.35. The van der Waals surface area contributed by atoms with Crippen LogP contribution in [0.4, 0.5) is 0 Å². The van der Waals surface area contributed by atoms with Crippen molar-refractivity contribution >= 4 is 29.3 Å². The van der Waals surface area contributed by atoms with Crippen LogP contribution in [0.2, 0.25) is 0 Å². The number of hydrogen-bond donors (Lipinski definition) is 1. The minimum atomic E-state index is -0.174. The van der Waals surface area contributed by atoms with E-state index in [2.05, 4.69) is 10.4 Å². The number of nitrogens with one attached hydrogen (secondary N) is 1. The number of carbonyl (C=O) groups excluding carboxylic acids is 1. The van der Waals surface area contributed by atoms with Crippen molar-refractivity contribution in [3.8, 4) is 0 Å². The van der Waals surface area contributed by atoms with Gasteiger partial charge in [-0.05, 0) is 36.5 Å². The molecule has 0 atom stereocenters. The Hall–Kier alpha value is -2.41. The summed E-state index contributed by atoms with van der Waals surface area (Å²) >= 11 is 5.19. The number of hydrogen-bond acceptors (Lipinski definition) is 4. The smallest absolute Gasteiger partial charge is 0.277 e. The van der Waals surface area contributed by atoms with E-state index in [1.807, 2.05) is 13.1 Å². The number of aryl methyl sites for hydroxylation is 1. The molecule has 1 aliphatic heterocycles. The predicted molar refractivity (Wildman–Crippen MR) is 76.2 cm³/mol. The molecule has 1 saturated heterocycles. The number of rotatable bonds is 3. The van der Waals surface area contributed by atoms with E-state index in [4.69, 9.17) is 16.6 Å². The van der Waals surface area contributed by atoms with Crippen LogP contribution in [0.25, 0.3) is 6.08 Å². The lowest BCUT2D eigenvalue weighted by molar-refractivity contribution is -0.122. The summed E-state index contributed by atoms with van der Waals surface area (Å²) in [6.07, 6.45) is 4.97. The standard InChI is InChI=1S/C13H12N4O2S/c1-16-9(4-5-14-16)7-11-12(18)17(13(20)15-11)8-10-3-2-6-19-10/h2-7H,8H2,1H3,(H,15,20)/b11-7+. The molecule has 102 valence electrons. The summed E-state index contributed by atoms with van der Waals surface area (Å²) in [4.78, 5) is 13.8. The molecule has 0 aromatic carbocycles. The van der Waals surface area contributed by atoms with Crippen LogP contribution in [0, 0.1) is 0 Å². The van der Waals surface area contributed by atoms with Gasteiger partial charge in [-0.25, -0.2) is 0 Å². The first kappa shape index (κ1) is 12.6. The van der Waals surface area contributed by atoms with Crippen LogP contribution >= 0.6 is 12.2 Å². The van der Waals surface area contributed by atoms with E-state index in [0.717, 1.165) is 5.69 Å². The molecular formula is C13H12N4O2S. The van der Waals surface area contributed by atoms with Crippen LogP contribution in [0.5, 0.6) is 0 Å². The number of aromatic nitrogens is 2. The highest BCUT2D eigenvalue weighted by Crippen LogP contribution is 2.16. The van der Waals surface area contributed by atoms with Gasteiger partial charge in [-0.1, -0.05) is 0 Å². The fraction of sp³-hybridized carbons (Fsp3) is 0.154. The maximum absolute atomic E-state index is 12.3. The van der Waals surface area contributed by atoms with Crippen molar-refractivity contribution < 1.29 is 9.21 Å². The zero-order valence-corrected chi connectivity index (χ0v) is 11.6. The summed E-state index contributed by atoms with van der Waals surface area (Å²) < 4.78 is 6.92. The molecule has 0 unspecified atom stereocenters. The Morgan fingerprint density at radius 2 is 2.35 bits per heavy atom. The predicted octanol–water partition coefficient (Wildman–Crippen LogP) is 1.27. The van der Waals surface area contributed by atoms with Gasteiger partial charge < -0.3 is 9.73 Å². The van der Waals surface area contributed by atoms with E-state index >= 15 is 0 Å². The van der Waals surface area contributed by atoms with Crippen LogP contribution in [0.15, 0.2) is 40.8 Å². The summed E-state index contributed by atoms with van der Waals surface area (Å²) in [6, 6.07) is 5.40. The largest absolute Gasteiger partial charge is 0.467 e. The molecule has 20 heavy (non-hydrogen) atoms. The van der Waals surface area contributed by atoms with E-state index < -0.39 is 0 Å². The van der Waals surface area contributed by atoms with Crippen LogP contribution in [0.3, 0.4) is 0 Å². The fourth-order valence-electron chi connectivity index (χ4n) is 1.95. The molecule has 1 aliphatic rings. The van der Waals surface area contributed by atoms with Gasteiger partial charge in [0.1, 0.15) is 11.5 Å². The summed E-state index contributed by atoms with van der Waals surface area (Å²) in [5.41, 5.74) is 1.26. The minimum Gasteiger partial charge on any atom is -0.467 e. The normalized spacial score (nSPS) is 17.1. The number of carbonyl (C=O) groups is 1. The van der Waals surface area contributed by atoms with Gasteiger partial charge in [0.25, 0.3) is 5.91 Å². The molecule has 1 fully saturated rings. The molecule has 0 aliphatic carbocycles. The highest BCUT2D eigenvalue weighted by Gasteiger charge is 2.31. The van der Waals surface area contributed by atoms with Gasteiger partial charge in [0, 0.05) is 13.2 Å². The lowest BCUT2D eigenvalue weighted by Gasteiger charge is -2.11. The van der Waals surface area contributed by atoms with Gasteiger partial charge in [0.2, 0.25) is 0 Å². The third kappa shape index (κ3) is 2.23. The van der Waals surface area contributed by atoms with Crippen molar-refractivity contribution in [1.82, 2.24) is 20.0 Å². The highest BCUT2D eigenvalue weighted by molar-refractivity contribution is 7.80. The summed E-state index contributed by atoms with van der Waals surface area (Å²) in [7, 11) is 1.81.